The minimum absolute atomic E-state index is 0.169. The largest absolute Gasteiger partial charge is 0.479 e. The predicted molar refractivity (Wildman–Crippen MR) is 68.1 cm³/mol. The van der Waals surface area contributed by atoms with E-state index in [1.807, 2.05) is 0 Å². The standard InChI is InChI=1S/C14H26O3/c1-3-4-5-8-11-14(2,13(15)16)17-12-9-6-7-10-12/h12H,3-11H2,1-2H3,(H,15,16). The summed E-state index contributed by atoms with van der Waals surface area (Å²) < 4.78 is 5.84. The van der Waals surface area contributed by atoms with E-state index in [0.717, 1.165) is 25.7 Å². The number of carboxylic acids is 1. The van der Waals surface area contributed by atoms with E-state index in [2.05, 4.69) is 6.92 Å². The van der Waals surface area contributed by atoms with E-state index in [9.17, 15) is 9.90 Å². The number of carbonyl (C=O) groups is 1. The molecule has 0 amide bonds. The molecule has 100 valence electrons. The summed E-state index contributed by atoms with van der Waals surface area (Å²) >= 11 is 0. The van der Waals surface area contributed by atoms with Crippen molar-refractivity contribution >= 4 is 5.97 Å². The summed E-state index contributed by atoms with van der Waals surface area (Å²) in [6.45, 7) is 3.89. The van der Waals surface area contributed by atoms with Gasteiger partial charge in [0.05, 0.1) is 6.10 Å². The molecule has 0 aromatic heterocycles. The summed E-state index contributed by atoms with van der Waals surface area (Å²) in [4.78, 5) is 11.3. The van der Waals surface area contributed by atoms with Crippen LogP contribution in [0.2, 0.25) is 0 Å². The average Bonchev–Trinajstić information content (AvgIpc) is 2.77. The number of carboxylic acid groups (broad SMARTS) is 1. The molecule has 0 saturated heterocycles. The Morgan fingerprint density at radius 2 is 1.94 bits per heavy atom. The van der Waals surface area contributed by atoms with Gasteiger partial charge in [0.15, 0.2) is 5.60 Å². The molecule has 1 aliphatic carbocycles. The summed E-state index contributed by atoms with van der Waals surface area (Å²) in [5.41, 5.74) is -0.969. The quantitative estimate of drug-likeness (QED) is 0.659. The minimum atomic E-state index is -0.969. The number of hydrogen-bond acceptors (Lipinski definition) is 2. The maximum absolute atomic E-state index is 11.3. The Morgan fingerprint density at radius 1 is 1.29 bits per heavy atom. The fraction of sp³-hybridized carbons (Fsp3) is 0.929. The van der Waals surface area contributed by atoms with Crippen molar-refractivity contribution in [3.63, 3.8) is 0 Å². The minimum Gasteiger partial charge on any atom is -0.479 e. The molecule has 0 heterocycles. The number of rotatable bonds is 8. The monoisotopic (exact) mass is 242 g/mol. The van der Waals surface area contributed by atoms with Gasteiger partial charge in [0.2, 0.25) is 0 Å². The van der Waals surface area contributed by atoms with E-state index in [-0.39, 0.29) is 6.10 Å². The molecule has 1 atom stereocenters. The van der Waals surface area contributed by atoms with Gasteiger partial charge in [-0.2, -0.15) is 0 Å². The van der Waals surface area contributed by atoms with Crippen LogP contribution in [0.5, 0.6) is 0 Å². The van der Waals surface area contributed by atoms with Crippen LogP contribution in [0, 0.1) is 0 Å². The molecule has 3 nitrogen and oxygen atoms in total. The Morgan fingerprint density at radius 3 is 2.47 bits per heavy atom. The lowest BCUT2D eigenvalue weighted by Crippen LogP contribution is -2.41. The zero-order chi connectivity index (χ0) is 12.7. The predicted octanol–water partition coefficient (Wildman–Crippen LogP) is 3.76. The first-order chi connectivity index (χ1) is 8.08. The summed E-state index contributed by atoms with van der Waals surface area (Å²) in [7, 11) is 0. The summed E-state index contributed by atoms with van der Waals surface area (Å²) in [6.07, 6.45) is 9.62. The Hall–Kier alpha value is -0.570. The SMILES string of the molecule is CCCCCCC(C)(OC1CCCC1)C(=O)O. The third-order valence-corrected chi connectivity index (χ3v) is 3.69. The highest BCUT2D eigenvalue weighted by Crippen LogP contribution is 2.29. The summed E-state index contributed by atoms with van der Waals surface area (Å²) in [5.74, 6) is -0.805. The van der Waals surface area contributed by atoms with Gasteiger partial charge in [-0.05, 0) is 32.6 Å². The van der Waals surface area contributed by atoms with Crippen LogP contribution in [0.4, 0.5) is 0 Å². The molecule has 3 heteroatoms. The van der Waals surface area contributed by atoms with Crippen molar-refractivity contribution in [1.29, 1.82) is 0 Å². The number of aliphatic carboxylic acids is 1. The van der Waals surface area contributed by atoms with Crippen LogP contribution in [0.1, 0.15) is 71.6 Å². The molecule has 1 rings (SSSR count). The van der Waals surface area contributed by atoms with Crippen LogP contribution in [0.3, 0.4) is 0 Å². The van der Waals surface area contributed by atoms with Gasteiger partial charge < -0.3 is 9.84 Å². The van der Waals surface area contributed by atoms with Crippen LogP contribution < -0.4 is 0 Å². The van der Waals surface area contributed by atoms with Crippen LogP contribution in [0.15, 0.2) is 0 Å². The lowest BCUT2D eigenvalue weighted by molar-refractivity contribution is -0.172. The van der Waals surface area contributed by atoms with Gasteiger partial charge in [-0.1, -0.05) is 39.0 Å². The van der Waals surface area contributed by atoms with Gasteiger partial charge in [0, 0.05) is 0 Å². The molecule has 0 aromatic carbocycles. The van der Waals surface area contributed by atoms with Crippen molar-refractivity contribution in [2.75, 3.05) is 0 Å². The Kier molecular flexibility index (Phi) is 5.96. The van der Waals surface area contributed by atoms with Gasteiger partial charge in [0.1, 0.15) is 0 Å². The third kappa shape index (κ3) is 4.66. The maximum atomic E-state index is 11.3. The number of unbranched alkanes of at least 4 members (excludes halogenated alkanes) is 3. The van der Waals surface area contributed by atoms with Gasteiger partial charge in [-0.3, -0.25) is 0 Å². The molecule has 1 unspecified atom stereocenters. The first kappa shape index (κ1) is 14.5. The van der Waals surface area contributed by atoms with Crippen molar-refractivity contribution in [1.82, 2.24) is 0 Å². The normalized spacial score (nSPS) is 20.4. The lowest BCUT2D eigenvalue weighted by Gasteiger charge is -2.29. The summed E-state index contributed by atoms with van der Waals surface area (Å²) in [6, 6.07) is 0. The van der Waals surface area contributed by atoms with Gasteiger partial charge in [0.25, 0.3) is 0 Å². The Labute approximate surface area is 105 Å². The molecule has 1 aliphatic rings. The molecule has 0 radical (unpaired) electrons. The first-order valence-electron chi connectivity index (χ1n) is 6.99. The number of ether oxygens (including phenoxy) is 1. The second-order valence-corrected chi connectivity index (χ2v) is 5.37. The van der Waals surface area contributed by atoms with E-state index < -0.39 is 11.6 Å². The lowest BCUT2D eigenvalue weighted by atomic mass is 9.97. The molecule has 17 heavy (non-hydrogen) atoms. The fourth-order valence-corrected chi connectivity index (χ4v) is 2.48. The van der Waals surface area contributed by atoms with Gasteiger partial charge in [-0.25, -0.2) is 4.79 Å². The molecule has 1 N–H and O–H groups in total. The molecule has 1 fully saturated rings. The van der Waals surface area contributed by atoms with Crippen LogP contribution >= 0.6 is 0 Å². The van der Waals surface area contributed by atoms with E-state index in [1.165, 1.54) is 25.7 Å². The Balaban J connectivity index is 2.40. The van der Waals surface area contributed by atoms with Crippen molar-refractivity contribution in [2.45, 2.75) is 83.3 Å². The highest BCUT2D eigenvalue weighted by molar-refractivity contribution is 5.76. The molecule has 0 bridgehead atoms. The van der Waals surface area contributed by atoms with Crippen molar-refractivity contribution < 1.29 is 14.6 Å². The van der Waals surface area contributed by atoms with Crippen LogP contribution in [-0.2, 0) is 9.53 Å². The average molecular weight is 242 g/mol. The van der Waals surface area contributed by atoms with E-state index in [0.29, 0.717) is 6.42 Å². The van der Waals surface area contributed by atoms with Gasteiger partial charge in [-0.15, -0.1) is 0 Å². The molecular formula is C14H26O3. The zero-order valence-corrected chi connectivity index (χ0v) is 11.2. The summed E-state index contributed by atoms with van der Waals surface area (Å²) in [5, 5.41) is 9.32. The molecule has 0 aliphatic heterocycles. The second-order valence-electron chi connectivity index (χ2n) is 5.37. The van der Waals surface area contributed by atoms with E-state index in [1.54, 1.807) is 6.92 Å². The Bertz CT molecular complexity index is 234. The second kappa shape index (κ2) is 7.00. The fourth-order valence-electron chi connectivity index (χ4n) is 2.48. The molecular weight excluding hydrogens is 216 g/mol. The third-order valence-electron chi connectivity index (χ3n) is 3.69. The highest BCUT2D eigenvalue weighted by atomic mass is 16.5. The zero-order valence-electron chi connectivity index (χ0n) is 11.2. The first-order valence-corrected chi connectivity index (χ1v) is 6.99. The smallest absolute Gasteiger partial charge is 0.335 e. The highest BCUT2D eigenvalue weighted by Gasteiger charge is 2.36. The molecule has 0 aromatic rings. The van der Waals surface area contributed by atoms with Crippen molar-refractivity contribution in [3.8, 4) is 0 Å². The topological polar surface area (TPSA) is 46.5 Å². The van der Waals surface area contributed by atoms with Crippen LogP contribution in [0.25, 0.3) is 0 Å². The maximum Gasteiger partial charge on any atom is 0.335 e. The van der Waals surface area contributed by atoms with Crippen molar-refractivity contribution in [2.24, 2.45) is 0 Å². The van der Waals surface area contributed by atoms with E-state index in [4.69, 9.17) is 4.74 Å². The molecule has 1 saturated carbocycles. The molecule has 0 spiro atoms. The van der Waals surface area contributed by atoms with Gasteiger partial charge >= 0.3 is 5.97 Å². The van der Waals surface area contributed by atoms with E-state index >= 15 is 0 Å². The van der Waals surface area contributed by atoms with Crippen LogP contribution in [-0.4, -0.2) is 22.8 Å². The number of hydrogen-bond donors (Lipinski definition) is 1. The van der Waals surface area contributed by atoms with Crippen molar-refractivity contribution in [3.05, 3.63) is 0 Å².